The zero-order chi connectivity index (χ0) is 12.2. The summed E-state index contributed by atoms with van der Waals surface area (Å²) in [6, 6.07) is 8.62. The standard InChI is InChI=1S/C15H25N/c1-5-13(6-2)11-15(4,16)14-9-7-12(3)8-10-14/h7-10,13H,5-6,11,16H2,1-4H3. The van der Waals surface area contributed by atoms with Gasteiger partial charge in [-0.15, -0.1) is 0 Å². The molecule has 0 heterocycles. The van der Waals surface area contributed by atoms with Crippen LogP contribution in [0.1, 0.15) is 51.2 Å². The third kappa shape index (κ3) is 3.34. The van der Waals surface area contributed by atoms with Crippen molar-refractivity contribution < 1.29 is 0 Å². The van der Waals surface area contributed by atoms with Crippen molar-refractivity contribution in [1.82, 2.24) is 0 Å². The molecule has 0 spiro atoms. The summed E-state index contributed by atoms with van der Waals surface area (Å²) in [6.07, 6.45) is 3.51. The fraction of sp³-hybridized carbons (Fsp3) is 0.600. The fourth-order valence-corrected chi connectivity index (χ4v) is 2.23. The zero-order valence-corrected chi connectivity index (χ0v) is 11.1. The Bertz CT molecular complexity index is 307. The summed E-state index contributed by atoms with van der Waals surface area (Å²) in [5.41, 5.74) is 8.80. The Morgan fingerprint density at radius 3 is 2.06 bits per heavy atom. The Labute approximate surface area is 100 Å². The number of benzene rings is 1. The second kappa shape index (κ2) is 5.49. The van der Waals surface area contributed by atoms with Crippen LogP contribution in [0.15, 0.2) is 24.3 Å². The first kappa shape index (κ1) is 13.2. The first-order valence-electron chi connectivity index (χ1n) is 6.35. The molecule has 0 saturated heterocycles. The predicted molar refractivity (Wildman–Crippen MR) is 71.4 cm³/mol. The quantitative estimate of drug-likeness (QED) is 0.796. The molecule has 0 aromatic heterocycles. The highest BCUT2D eigenvalue weighted by Crippen LogP contribution is 2.28. The van der Waals surface area contributed by atoms with Crippen LogP contribution in [0, 0.1) is 12.8 Å². The van der Waals surface area contributed by atoms with E-state index < -0.39 is 0 Å². The Balaban J connectivity index is 2.80. The van der Waals surface area contributed by atoms with Gasteiger partial charge in [-0.05, 0) is 31.7 Å². The van der Waals surface area contributed by atoms with Crippen molar-refractivity contribution >= 4 is 0 Å². The molecule has 2 N–H and O–H groups in total. The first-order chi connectivity index (χ1) is 7.49. The Hall–Kier alpha value is -0.820. The van der Waals surface area contributed by atoms with Gasteiger partial charge in [-0.25, -0.2) is 0 Å². The maximum Gasteiger partial charge on any atom is 0.0383 e. The first-order valence-corrected chi connectivity index (χ1v) is 6.35. The van der Waals surface area contributed by atoms with Gasteiger partial charge >= 0.3 is 0 Å². The van der Waals surface area contributed by atoms with Crippen molar-refractivity contribution in [3.63, 3.8) is 0 Å². The van der Waals surface area contributed by atoms with Crippen LogP contribution in [0.3, 0.4) is 0 Å². The third-order valence-electron chi connectivity index (χ3n) is 3.58. The molecule has 1 aromatic rings. The molecule has 0 radical (unpaired) electrons. The maximum absolute atomic E-state index is 6.44. The smallest absolute Gasteiger partial charge is 0.0383 e. The van der Waals surface area contributed by atoms with Crippen LogP contribution in [0.25, 0.3) is 0 Å². The number of nitrogens with two attached hydrogens (primary N) is 1. The van der Waals surface area contributed by atoms with Gasteiger partial charge in [0.05, 0.1) is 0 Å². The monoisotopic (exact) mass is 219 g/mol. The molecule has 0 aliphatic carbocycles. The highest BCUT2D eigenvalue weighted by Gasteiger charge is 2.24. The van der Waals surface area contributed by atoms with Crippen molar-refractivity contribution in [2.45, 2.75) is 52.5 Å². The molecule has 1 rings (SSSR count). The highest BCUT2D eigenvalue weighted by atomic mass is 14.7. The van der Waals surface area contributed by atoms with E-state index >= 15 is 0 Å². The van der Waals surface area contributed by atoms with E-state index in [0.29, 0.717) is 0 Å². The average molecular weight is 219 g/mol. The van der Waals surface area contributed by atoms with Crippen molar-refractivity contribution in [1.29, 1.82) is 0 Å². The molecule has 1 nitrogen and oxygen atoms in total. The second-order valence-corrected chi connectivity index (χ2v) is 5.17. The lowest BCUT2D eigenvalue weighted by Gasteiger charge is -2.29. The Kier molecular flexibility index (Phi) is 4.55. The van der Waals surface area contributed by atoms with Crippen LogP contribution in [-0.4, -0.2) is 0 Å². The van der Waals surface area contributed by atoms with E-state index in [1.54, 1.807) is 0 Å². The third-order valence-corrected chi connectivity index (χ3v) is 3.58. The molecule has 1 atom stereocenters. The maximum atomic E-state index is 6.44. The summed E-state index contributed by atoms with van der Waals surface area (Å²) in [4.78, 5) is 0. The number of hydrogen-bond donors (Lipinski definition) is 1. The summed E-state index contributed by atoms with van der Waals surface area (Å²) < 4.78 is 0. The Morgan fingerprint density at radius 2 is 1.62 bits per heavy atom. The molecule has 0 aliphatic heterocycles. The summed E-state index contributed by atoms with van der Waals surface area (Å²) in [5.74, 6) is 0.733. The van der Waals surface area contributed by atoms with Crippen LogP contribution in [0.5, 0.6) is 0 Å². The highest BCUT2D eigenvalue weighted by molar-refractivity contribution is 5.27. The summed E-state index contributed by atoms with van der Waals surface area (Å²) >= 11 is 0. The van der Waals surface area contributed by atoms with E-state index in [4.69, 9.17) is 5.73 Å². The second-order valence-electron chi connectivity index (χ2n) is 5.17. The number of aryl methyl sites for hydroxylation is 1. The molecule has 16 heavy (non-hydrogen) atoms. The lowest BCUT2D eigenvalue weighted by Crippen LogP contribution is -2.35. The van der Waals surface area contributed by atoms with E-state index in [-0.39, 0.29) is 5.54 Å². The van der Waals surface area contributed by atoms with E-state index in [1.807, 2.05) is 0 Å². The summed E-state index contributed by atoms with van der Waals surface area (Å²) in [6.45, 7) is 8.76. The molecule has 1 aromatic carbocycles. The number of rotatable bonds is 5. The van der Waals surface area contributed by atoms with Crippen LogP contribution in [0.2, 0.25) is 0 Å². The van der Waals surface area contributed by atoms with E-state index in [0.717, 1.165) is 12.3 Å². The largest absolute Gasteiger partial charge is 0.322 e. The molecule has 0 fully saturated rings. The molecule has 1 unspecified atom stereocenters. The topological polar surface area (TPSA) is 26.0 Å². The van der Waals surface area contributed by atoms with Gasteiger partial charge in [-0.1, -0.05) is 56.5 Å². The molecular weight excluding hydrogens is 194 g/mol. The van der Waals surface area contributed by atoms with E-state index in [1.165, 1.54) is 24.0 Å². The lowest BCUT2D eigenvalue weighted by molar-refractivity contribution is 0.329. The fourth-order valence-electron chi connectivity index (χ4n) is 2.23. The molecule has 0 aliphatic rings. The molecule has 90 valence electrons. The van der Waals surface area contributed by atoms with Gasteiger partial charge < -0.3 is 5.73 Å². The summed E-state index contributed by atoms with van der Waals surface area (Å²) in [7, 11) is 0. The van der Waals surface area contributed by atoms with Crippen molar-refractivity contribution in [3.05, 3.63) is 35.4 Å². The van der Waals surface area contributed by atoms with Gasteiger partial charge in [0.15, 0.2) is 0 Å². The average Bonchev–Trinajstić information content (AvgIpc) is 2.26. The Morgan fingerprint density at radius 1 is 1.12 bits per heavy atom. The van der Waals surface area contributed by atoms with Crippen molar-refractivity contribution in [2.24, 2.45) is 11.7 Å². The van der Waals surface area contributed by atoms with Gasteiger partial charge in [0.1, 0.15) is 0 Å². The zero-order valence-electron chi connectivity index (χ0n) is 11.1. The van der Waals surface area contributed by atoms with Crippen LogP contribution < -0.4 is 5.73 Å². The van der Waals surface area contributed by atoms with E-state index in [2.05, 4.69) is 52.0 Å². The molecule has 1 heteroatoms. The van der Waals surface area contributed by atoms with Crippen molar-refractivity contribution in [3.8, 4) is 0 Å². The molecule has 0 saturated carbocycles. The van der Waals surface area contributed by atoms with Gasteiger partial charge in [0.25, 0.3) is 0 Å². The number of hydrogen-bond acceptors (Lipinski definition) is 1. The molecule has 0 amide bonds. The lowest BCUT2D eigenvalue weighted by atomic mass is 9.81. The van der Waals surface area contributed by atoms with Crippen LogP contribution in [-0.2, 0) is 5.54 Å². The van der Waals surface area contributed by atoms with Crippen LogP contribution >= 0.6 is 0 Å². The van der Waals surface area contributed by atoms with Gasteiger partial charge in [0.2, 0.25) is 0 Å². The van der Waals surface area contributed by atoms with Crippen molar-refractivity contribution in [2.75, 3.05) is 0 Å². The predicted octanol–water partition coefficient (Wildman–Crippen LogP) is 4.00. The minimum absolute atomic E-state index is 0.190. The van der Waals surface area contributed by atoms with Gasteiger partial charge in [-0.3, -0.25) is 0 Å². The normalized spacial score (nSPS) is 15.1. The SMILES string of the molecule is CCC(CC)CC(C)(N)c1ccc(C)cc1. The van der Waals surface area contributed by atoms with Gasteiger partial charge in [0, 0.05) is 5.54 Å². The van der Waals surface area contributed by atoms with E-state index in [9.17, 15) is 0 Å². The summed E-state index contributed by atoms with van der Waals surface area (Å²) in [5, 5.41) is 0. The molecule has 0 bridgehead atoms. The van der Waals surface area contributed by atoms with Gasteiger partial charge in [-0.2, -0.15) is 0 Å². The minimum Gasteiger partial charge on any atom is -0.322 e. The minimum atomic E-state index is -0.190. The molecular formula is C15H25N. The van der Waals surface area contributed by atoms with Crippen LogP contribution in [0.4, 0.5) is 0 Å².